The van der Waals surface area contributed by atoms with Crippen molar-refractivity contribution >= 4 is 44.8 Å². The summed E-state index contributed by atoms with van der Waals surface area (Å²) >= 11 is 1.08. The average Bonchev–Trinajstić information content (AvgIpc) is 3.31. The van der Waals surface area contributed by atoms with Gasteiger partial charge < -0.3 is 25.0 Å². The summed E-state index contributed by atoms with van der Waals surface area (Å²) < 4.78 is 67.7. The molecule has 46 heavy (non-hydrogen) atoms. The highest BCUT2D eigenvalue weighted by atomic mass is 32.1. The quantitative estimate of drug-likeness (QED) is 0.236. The molecule has 9 nitrogen and oxygen atoms in total. The number of nitrogens with zero attached hydrogens (tertiary/aromatic N) is 3. The van der Waals surface area contributed by atoms with E-state index < -0.39 is 42.4 Å². The molecule has 1 aliphatic heterocycles. The third-order valence-electron chi connectivity index (χ3n) is 7.15. The highest BCUT2D eigenvalue weighted by Gasteiger charge is 2.32. The Kier molecular flexibility index (Phi) is 10.7. The number of amides is 2. The predicted octanol–water partition coefficient (Wildman–Crippen LogP) is 6.02. The first-order chi connectivity index (χ1) is 21.6. The van der Waals surface area contributed by atoms with E-state index in [0.29, 0.717) is 28.7 Å². The number of hydrogen-bond donors (Lipinski definition) is 2. The van der Waals surface area contributed by atoms with Gasteiger partial charge in [0, 0.05) is 26.2 Å². The Morgan fingerprint density at radius 2 is 1.98 bits per heavy atom. The summed E-state index contributed by atoms with van der Waals surface area (Å²) in [6, 6.07) is 5.84. The molecule has 3 heterocycles. The van der Waals surface area contributed by atoms with Crippen LogP contribution in [-0.2, 0) is 11.2 Å². The molecule has 1 aromatic carbocycles. The zero-order valence-corrected chi connectivity index (χ0v) is 27.3. The Hall–Kier alpha value is -4.09. The second-order valence-corrected chi connectivity index (χ2v) is 12.9. The molecule has 0 bridgehead atoms. The van der Waals surface area contributed by atoms with Gasteiger partial charge in [-0.2, -0.15) is 13.2 Å². The van der Waals surface area contributed by atoms with Crippen LogP contribution < -0.4 is 20.3 Å². The van der Waals surface area contributed by atoms with E-state index in [-0.39, 0.29) is 40.7 Å². The maximum Gasteiger partial charge on any atom is 0.415 e. The Bertz CT molecular complexity index is 1640. The lowest BCUT2D eigenvalue weighted by Gasteiger charge is -2.33. The number of carbonyl (C=O) groups is 2. The van der Waals surface area contributed by atoms with Gasteiger partial charge in [-0.3, -0.25) is 9.69 Å². The summed E-state index contributed by atoms with van der Waals surface area (Å²) in [6.45, 7) is 5.70. The maximum absolute atomic E-state index is 14.8. The van der Waals surface area contributed by atoms with Crippen molar-refractivity contribution in [2.24, 2.45) is 0 Å². The number of methoxy groups -OCH3 is 1. The van der Waals surface area contributed by atoms with Gasteiger partial charge in [0.15, 0.2) is 0 Å². The second-order valence-electron chi connectivity index (χ2n) is 11.9. The molecule has 3 aromatic rings. The summed E-state index contributed by atoms with van der Waals surface area (Å²) in [5, 5.41) is 6.06. The number of rotatable bonds is 7. The number of thiophene rings is 1. The molecule has 2 aromatic heterocycles. The van der Waals surface area contributed by atoms with Crippen LogP contribution in [-0.4, -0.2) is 86.7 Å². The third kappa shape index (κ3) is 8.58. The molecule has 0 radical (unpaired) electrons. The first-order valence-electron chi connectivity index (χ1n) is 14.6. The summed E-state index contributed by atoms with van der Waals surface area (Å²) in [7, 11) is 4.64. The topological polar surface area (TPSA) is 96.0 Å². The lowest BCUT2D eigenvalue weighted by Crippen LogP contribution is -2.46. The number of benzene rings is 1. The van der Waals surface area contributed by atoms with Gasteiger partial charge in [-0.25, -0.2) is 14.2 Å². The van der Waals surface area contributed by atoms with Crippen molar-refractivity contribution in [1.82, 2.24) is 15.2 Å². The summed E-state index contributed by atoms with van der Waals surface area (Å²) in [4.78, 5) is 32.8. The van der Waals surface area contributed by atoms with Crippen LogP contribution in [0.1, 0.15) is 48.1 Å². The normalized spacial score (nSPS) is 17.2. The number of halogens is 4. The minimum absolute atomic E-state index is 0.00169. The van der Waals surface area contributed by atoms with E-state index in [9.17, 15) is 27.2 Å². The fourth-order valence-electron chi connectivity index (χ4n) is 4.99. The number of fused-ring (bicyclic) bond motifs is 1. The summed E-state index contributed by atoms with van der Waals surface area (Å²) in [5.41, 5.74) is -0.146. The van der Waals surface area contributed by atoms with Crippen molar-refractivity contribution in [1.29, 1.82) is 0 Å². The van der Waals surface area contributed by atoms with Crippen molar-refractivity contribution in [3.05, 3.63) is 46.6 Å². The molecule has 1 aliphatic rings. The van der Waals surface area contributed by atoms with E-state index in [1.165, 1.54) is 26.4 Å². The summed E-state index contributed by atoms with van der Waals surface area (Å²) in [6.07, 6.45) is -5.85. The predicted molar refractivity (Wildman–Crippen MR) is 171 cm³/mol. The van der Waals surface area contributed by atoms with E-state index in [1.807, 2.05) is 11.9 Å². The minimum Gasteiger partial charge on any atom is -0.494 e. The van der Waals surface area contributed by atoms with Gasteiger partial charge in [0.25, 0.3) is 5.91 Å². The van der Waals surface area contributed by atoms with E-state index in [1.54, 1.807) is 39.0 Å². The van der Waals surface area contributed by atoms with Gasteiger partial charge in [-0.1, -0.05) is 24.0 Å². The number of aromatic nitrogens is 1. The number of anilines is 2. The Labute approximate surface area is 269 Å². The molecule has 1 saturated heterocycles. The maximum atomic E-state index is 14.8. The second kappa shape index (κ2) is 14.1. The number of carbonyl (C=O) groups excluding carboxylic acids is 2. The average molecular weight is 664 g/mol. The highest BCUT2D eigenvalue weighted by molar-refractivity contribution is 7.20. The largest absolute Gasteiger partial charge is 0.494 e. The van der Waals surface area contributed by atoms with Crippen molar-refractivity contribution in [2.75, 3.05) is 51.1 Å². The van der Waals surface area contributed by atoms with Crippen molar-refractivity contribution in [2.45, 2.75) is 57.6 Å². The molecule has 0 spiro atoms. The van der Waals surface area contributed by atoms with Crippen molar-refractivity contribution in [3.8, 4) is 17.6 Å². The lowest BCUT2D eigenvalue weighted by molar-refractivity contribution is -0.126. The number of ether oxygens (including phenoxy) is 2. The lowest BCUT2D eigenvalue weighted by atomic mass is 10.0. The van der Waals surface area contributed by atoms with Crippen molar-refractivity contribution < 1.29 is 36.6 Å². The van der Waals surface area contributed by atoms with Crippen LogP contribution in [0.4, 0.5) is 33.7 Å². The number of alkyl halides is 4. The fourth-order valence-corrected chi connectivity index (χ4v) is 6.16. The van der Waals surface area contributed by atoms with Crippen LogP contribution in [0.2, 0.25) is 0 Å². The van der Waals surface area contributed by atoms with Gasteiger partial charge in [-0.05, 0) is 51.3 Å². The molecule has 2 atom stereocenters. The Morgan fingerprint density at radius 1 is 1.24 bits per heavy atom. The van der Waals surface area contributed by atoms with Gasteiger partial charge in [0.1, 0.15) is 28.9 Å². The molecular formula is C32H37F4N5O4S. The molecule has 14 heteroatoms. The number of nitrogens with one attached hydrogen (secondary N) is 2. The Morgan fingerprint density at radius 3 is 2.61 bits per heavy atom. The molecule has 2 N–H and O–H groups in total. The molecule has 248 valence electrons. The van der Waals surface area contributed by atoms with E-state index >= 15 is 0 Å². The highest BCUT2D eigenvalue weighted by Crippen LogP contribution is 2.40. The van der Waals surface area contributed by atoms with Crippen molar-refractivity contribution in [3.63, 3.8) is 0 Å². The molecule has 1 fully saturated rings. The fraction of sp³-hybridized carbons (Fsp3) is 0.469. The zero-order chi connectivity index (χ0) is 33.8. The van der Waals surface area contributed by atoms with E-state index in [2.05, 4.69) is 27.5 Å². The van der Waals surface area contributed by atoms with E-state index in [4.69, 9.17) is 9.47 Å². The minimum atomic E-state index is -4.51. The van der Waals surface area contributed by atoms with Gasteiger partial charge in [-0.15, -0.1) is 11.3 Å². The van der Waals surface area contributed by atoms with Gasteiger partial charge in [0.05, 0.1) is 47.6 Å². The molecule has 0 aliphatic carbocycles. The van der Waals surface area contributed by atoms with Crippen LogP contribution in [0.5, 0.6) is 5.75 Å². The third-order valence-corrected chi connectivity index (χ3v) is 8.35. The van der Waals surface area contributed by atoms with Crippen LogP contribution in [0.25, 0.3) is 10.1 Å². The van der Waals surface area contributed by atoms with E-state index in [0.717, 1.165) is 16.2 Å². The van der Waals surface area contributed by atoms with Crippen LogP contribution in [0.3, 0.4) is 0 Å². The molecule has 4 rings (SSSR count). The molecule has 0 saturated carbocycles. The number of piperidine rings is 1. The standard InChI is InChI=1S/C32H37F4N5O4S/c1-31(2,3)45-30(43)41(25-17-38-24(29(42)37-4)15-26(25)44-6)13-8-11-27-20(16-32(34,35)36)19-9-7-10-23(28(19)46-27)39-22-12-14-40(5)18-21(22)33/h7,9-10,15,17,21-22,39H,12-14,16,18H2,1-6H3,(H,37,42)/t21-,22+/m0/s1. The molecular weight excluding hydrogens is 626 g/mol. The number of likely N-dealkylation sites (tertiary alicyclic amines) is 1. The monoisotopic (exact) mass is 663 g/mol. The zero-order valence-electron chi connectivity index (χ0n) is 26.5. The smallest absolute Gasteiger partial charge is 0.415 e. The van der Waals surface area contributed by atoms with Crippen LogP contribution >= 0.6 is 11.3 Å². The van der Waals surface area contributed by atoms with Gasteiger partial charge in [0.2, 0.25) is 0 Å². The van der Waals surface area contributed by atoms with Crippen LogP contribution in [0.15, 0.2) is 30.5 Å². The molecule has 2 amide bonds. The summed E-state index contributed by atoms with van der Waals surface area (Å²) in [5.74, 6) is 5.35. The van der Waals surface area contributed by atoms with Crippen LogP contribution in [0, 0.1) is 11.8 Å². The molecule has 0 unspecified atom stereocenters. The Balaban J connectivity index is 1.74. The SMILES string of the molecule is CNC(=O)c1cc(OC)c(N(CC#Cc2sc3c(N[C@@H]4CCN(C)C[C@@H]4F)cccc3c2CC(F)(F)F)C(=O)OC(C)(C)C)cn1. The first kappa shape index (κ1) is 34.8. The number of hydrogen-bond acceptors (Lipinski definition) is 8. The number of pyridine rings is 1. The van der Waals surface area contributed by atoms with Gasteiger partial charge >= 0.3 is 12.3 Å². The first-order valence-corrected chi connectivity index (χ1v) is 15.4.